The molecule has 0 fully saturated rings. The molecule has 0 rings (SSSR count). The lowest BCUT2D eigenvalue weighted by Crippen LogP contribution is -2.33. The lowest BCUT2D eigenvalue weighted by molar-refractivity contribution is -0.139. The molecular formula is C7H12O6S. The van der Waals surface area contributed by atoms with Crippen molar-refractivity contribution < 1.29 is 27.5 Å². The van der Waals surface area contributed by atoms with Gasteiger partial charge in [-0.25, -0.2) is 8.42 Å². The smallest absolute Gasteiger partial charge is 0.323 e. The van der Waals surface area contributed by atoms with Gasteiger partial charge in [0.05, 0.1) is 14.2 Å². The summed E-state index contributed by atoms with van der Waals surface area (Å²) in [7, 11) is -1.69. The molecule has 1 unspecified atom stereocenters. The first kappa shape index (κ1) is 12.9. The number of carbonyl (C=O) groups is 2. The van der Waals surface area contributed by atoms with Crippen LogP contribution in [-0.4, -0.2) is 45.6 Å². The summed E-state index contributed by atoms with van der Waals surface area (Å²) in [5.74, 6) is -2.62. The topological polar surface area (TPSA) is 86.7 Å². The maximum absolute atomic E-state index is 11.3. The van der Waals surface area contributed by atoms with Crippen molar-refractivity contribution in [1.82, 2.24) is 0 Å². The molecule has 0 aliphatic carbocycles. The highest BCUT2D eigenvalue weighted by molar-refractivity contribution is 7.93. The van der Waals surface area contributed by atoms with Gasteiger partial charge in [-0.3, -0.25) is 9.59 Å². The van der Waals surface area contributed by atoms with Crippen molar-refractivity contribution in [2.75, 3.05) is 20.0 Å². The average molecular weight is 224 g/mol. The van der Waals surface area contributed by atoms with Gasteiger partial charge >= 0.3 is 11.9 Å². The molecule has 1 atom stereocenters. The summed E-state index contributed by atoms with van der Waals surface area (Å²) in [6.07, 6.45) is 0. The molecular weight excluding hydrogens is 212 g/mol. The van der Waals surface area contributed by atoms with Crippen LogP contribution in [0.5, 0.6) is 0 Å². The fraction of sp³-hybridized carbons (Fsp3) is 0.714. The molecule has 0 aromatic rings. The number of hydrogen-bond acceptors (Lipinski definition) is 6. The molecule has 0 bridgehead atoms. The molecule has 0 aliphatic heterocycles. The van der Waals surface area contributed by atoms with Crippen LogP contribution in [0.3, 0.4) is 0 Å². The lowest BCUT2D eigenvalue weighted by Gasteiger charge is -2.09. The molecule has 0 saturated carbocycles. The van der Waals surface area contributed by atoms with Crippen LogP contribution in [0.25, 0.3) is 0 Å². The van der Waals surface area contributed by atoms with E-state index in [4.69, 9.17) is 0 Å². The largest absolute Gasteiger partial charge is 0.468 e. The number of sulfone groups is 1. The molecule has 0 aliphatic rings. The van der Waals surface area contributed by atoms with Gasteiger partial charge in [0.1, 0.15) is 5.75 Å². The van der Waals surface area contributed by atoms with Gasteiger partial charge in [0, 0.05) is 0 Å². The lowest BCUT2D eigenvalue weighted by atomic mass is 10.5. The van der Waals surface area contributed by atoms with Crippen LogP contribution in [0.1, 0.15) is 6.92 Å². The quantitative estimate of drug-likeness (QED) is 0.577. The molecule has 0 aromatic heterocycles. The monoisotopic (exact) mass is 224 g/mol. The third kappa shape index (κ3) is 3.33. The van der Waals surface area contributed by atoms with Gasteiger partial charge in [-0.1, -0.05) is 0 Å². The van der Waals surface area contributed by atoms with E-state index in [0.717, 1.165) is 21.1 Å². The zero-order chi connectivity index (χ0) is 11.4. The van der Waals surface area contributed by atoms with E-state index in [2.05, 4.69) is 9.47 Å². The van der Waals surface area contributed by atoms with Gasteiger partial charge in [-0.15, -0.1) is 0 Å². The van der Waals surface area contributed by atoms with E-state index in [1.54, 1.807) is 0 Å². The second-order valence-corrected chi connectivity index (χ2v) is 4.87. The third-order valence-electron chi connectivity index (χ3n) is 1.62. The van der Waals surface area contributed by atoms with Crippen LogP contribution in [0, 0.1) is 0 Å². The minimum Gasteiger partial charge on any atom is -0.468 e. The van der Waals surface area contributed by atoms with Crippen molar-refractivity contribution >= 4 is 21.8 Å². The predicted octanol–water partition coefficient (Wildman–Crippen LogP) is -0.864. The van der Waals surface area contributed by atoms with Crippen LogP contribution in [0.4, 0.5) is 0 Å². The molecule has 14 heavy (non-hydrogen) atoms. The van der Waals surface area contributed by atoms with E-state index >= 15 is 0 Å². The van der Waals surface area contributed by atoms with E-state index in [1.807, 2.05) is 0 Å². The van der Waals surface area contributed by atoms with Gasteiger partial charge < -0.3 is 9.47 Å². The summed E-state index contributed by atoms with van der Waals surface area (Å²) in [5, 5.41) is -1.36. The highest BCUT2D eigenvalue weighted by Crippen LogP contribution is 2.04. The summed E-state index contributed by atoms with van der Waals surface area (Å²) in [4.78, 5) is 21.6. The van der Waals surface area contributed by atoms with Crippen molar-refractivity contribution in [2.45, 2.75) is 12.2 Å². The van der Waals surface area contributed by atoms with E-state index < -0.39 is 32.8 Å². The van der Waals surface area contributed by atoms with Crippen molar-refractivity contribution in [3.63, 3.8) is 0 Å². The number of ether oxygens (including phenoxy) is 2. The predicted molar refractivity (Wildman–Crippen MR) is 47.3 cm³/mol. The number of methoxy groups -OCH3 is 2. The maximum atomic E-state index is 11.3. The Balaban J connectivity index is 4.63. The fourth-order valence-corrected chi connectivity index (χ4v) is 1.75. The summed E-state index contributed by atoms with van der Waals surface area (Å²) in [6.45, 7) is 1.16. The Hall–Kier alpha value is -1.11. The van der Waals surface area contributed by atoms with E-state index in [1.165, 1.54) is 0 Å². The zero-order valence-electron chi connectivity index (χ0n) is 8.14. The Labute approximate surface area is 82.1 Å². The highest BCUT2D eigenvalue weighted by atomic mass is 32.2. The Kier molecular flexibility index (Phi) is 4.55. The van der Waals surface area contributed by atoms with Crippen molar-refractivity contribution in [3.8, 4) is 0 Å². The Morgan fingerprint density at radius 3 is 2.07 bits per heavy atom. The summed E-state index contributed by atoms with van der Waals surface area (Å²) in [5.41, 5.74) is 0. The fourth-order valence-electron chi connectivity index (χ4n) is 0.661. The summed E-state index contributed by atoms with van der Waals surface area (Å²) >= 11 is 0. The first-order valence-corrected chi connectivity index (χ1v) is 5.43. The Bertz CT molecular complexity index is 317. The van der Waals surface area contributed by atoms with Gasteiger partial charge in [0.15, 0.2) is 15.1 Å². The molecule has 0 aromatic carbocycles. The summed E-state index contributed by atoms with van der Waals surface area (Å²) in [6, 6.07) is 0. The number of hydrogen-bond donors (Lipinski definition) is 0. The van der Waals surface area contributed by atoms with Gasteiger partial charge in [0.2, 0.25) is 0 Å². The molecule has 0 spiro atoms. The van der Waals surface area contributed by atoms with Crippen LogP contribution < -0.4 is 0 Å². The normalized spacial score (nSPS) is 13.1. The second kappa shape index (κ2) is 4.94. The molecule has 7 heteroatoms. The van der Waals surface area contributed by atoms with Gasteiger partial charge in [-0.2, -0.15) is 0 Å². The van der Waals surface area contributed by atoms with Crippen LogP contribution in [-0.2, 0) is 28.9 Å². The van der Waals surface area contributed by atoms with Crippen LogP contribution >= 0.6 is 0 Å². The van der Waals surface area contributed by atoms with Gasteiger partial charge in [-0.05, 0) is 6.92 Å². The molecule has 0 heterocycles. The van der Waals surface area contributed by atoms with Crippen molar-refractivity contribution in [2.24, 2.45) is 0 Å². The molecule has 0 saturated heterocycles. The Morgan fingerprint density at radius 2 is 1.71 bits per heavy atom. The van der Waals surface area contributed by atoms with Crippen LogP contribution in [0.15, 0.2) is 0 Å². The third-order valence-corrected chi connectivity index (χ3v) is 3.53. The molecule has 0 amide bonds. The Morgan fingerprint density at radius 1 is 1.21 bits per heavy atom. The second-order valence-electron chi connectivity index (χ2n) is 2.55. The number of esters is 2. The molecule has 0 N–H and O–H groups in total. The highest BCUT2D eigenvalue weighted by Gasteiger charge is 2.31. The molecule has 0 radical (unpaired) electrons. The minimum atomic E-state index is -3.83. The van der Waals surface area contributed by atoms with E-state index in [9.17, 15) is 18.0 Å². The van der Waals surface area contributed by atoms with E-state index in [0.29, 0.717) is 0 Å². The van der Waals surface area contributed by atoms with Crippen LogP contribution in [0.2, 0.25) is 0 Å². The van der Waals surface area contributed by atoms with Gasteiger partial charge in [0.25, 0.3) is 0 Å². The number of rotatable bonds is 4. The average Bonchev–Trinajstić information content (AvgIpc) is 2.14. The zero-order valence-corrected chi connectivity index (χ0v) is 8.96. The standard InChI is InChI=1S/C7H12O6S/c1-5(7(9)13-3)14(10,11)4-6(8)12-2/h5H,4H2,1-3H3. The van der Waals surface area contributed by atoms with Crippen molar-refractivity contribution in [3.05, 3.63) is 0 Å². The SMILES string of the molecule is COC(=O)CS(=O)(=O)C(C)C(=O)OC. The van der Waals surface area contributed by atoms with Crippen molar-refractivity contribution in [1.29, 1.82) is 0 Å². The molecule has 82 valence electrons. The first-order valence-electron chi connectivity index (χ1n) is 3.71. The minimum absolute atomic E-state index is 0.820. The number of carbonyl (C=O) groups excluding carboxylic acids is 2. The molecule has 6 nitrogen and oxygen atoms in total. The van der Waals surface area contributed by atoms with E-state index in [-0.39, 0.29) is 0 Å². The summed E-state index contributed by atoms with van der Waals surface area (Å²) < 4.78 is 31.0. The first-order chi connectivity index (χ1) is 6.35. The maximum Gasteiger partial charge on any atom is 0.323 e.